The lowest BCUT2D eigenvalue weighted by atomic mass is 9.57. The van der Waals surface area contributed by atoms with Crippen molar-refractivity contribution in [2.75, 3.05) is 55.5 Å². The van der Waals surface area contributed by atoms with E-state index in [-0.39, 0.29) is 35.7 Å². The van der Waals surface area contributed by atoms with E-state index >= 15 is 0 Å². The fraction of sp³-hybridized carbons (Fsp3) is 0.538. The number of methoxy groups -OCH3 is 2. The number of carbonyl (C=O) groups excluding carboxylic acids is 2. The van der Waals surface area contributed by atoms with Crippen molar-refractivity contribution in [2.45, 2.75) is 298 Å². The summed E-state index contributed by atoms with van der Waals surface area (Å²) in [7, 11) is 2.89. The van der Waals surface area contributed by atoms with Crippen LogP contribution in [0.15, 0.2) is 71.3 Å². The Kier molecular flexibility index (Phi) is 30.8. The first-order valence-corrected chi connectivity index (χ1v) is 48.2. The molecule has 1 N–H and O–H groups in total. The summed E-state index contributed by atoms with van der Waals surface area (Å²) in [6, 6.07) is 14.5. The molecule has 1 unspecified atom stereocenters. The Balaban J connectivity index is 0.000000135. The summed E-state index contributed by atoms with van der Waals surface area (Å²) >= 11 is 6.76. The molecule has 29 nitrogen and oxygen atoms in total. The second-order valence-corrected chi connectivity index (χ2v) is 39.7. The number of benzene rings is 1. The maximum absolute atomic E-state index is 11.7. The first kappa shape index (κ1) is 98.3. The van der Waals surface area contributed by atoms with Gasteiger partial charge in [-0.05, 0) is 213 Å². The van der Waals surface area contributed by atoms with Gasteiger partial charge in [0.2, 0.25) is 0 Å². The van der Waals surface area contributed by atoms with Gasteiger partial charge in [0.05, 0.1) is 127 Å². The Bertz CT molecular complexity index is 6020. The zero-order valence-corrected chi connectivity index (χ0v) is 84.1. The number of anilines is 4. The number of hydrogen-bond acceptors (Lipinski definition) is 28. The maximum atomic E-state index is 11.7. The van der Waals surface area contributed by atoms with Crippen LogP contribution in [0.2, 0.25) is 5.02 Å². The zero-order valence-electron chi connectivity index (χ0n) is 83.4. The molecule has 18 rings (SSSR count). The molecule has 2 saturated heterocycles. The second kappa shape index (κ2) is 42.0. The summed E-state index contributed by atoms with van der Waals surface area (Å²) in [5, 5.41) is 24.3. The van der Waals surface area contributed by atoms with E-state index in [0.717, 1.165) is 260 Å². The van der Waals surface area contributed by atoms with Crippen molar-refractivity contribution < 1.29 is 41.7 Å². The summed E-state index contributed by atoms with van der Waals surface area (Å²) < 4.78 is 36.5. The highest BCUT2D eigenvalue weighted by Gasteiger charge is 2.47. The summed E-state index contributed by atoms with van der Waals surface area (Å²) in [6.45, 7) is 54.0. The number of ether oxygens (including phenoxy) is 2. The molecule has 3 atom stereocenters. The fourth-order valence-electron chi connectivity index (χ4n) is 20.1. The molecule has 712 valence electrons. The minimum absolute atomic E-state index is 0.0815. The van der Waals surface area contributed by atoms with Crippen molar-refractivity contribution in [2.24, 2.45) is 29.1 Å². The SMILES string of the molecule is COC(=O)CC1CC2(CCN(c3nc(C(C)C)nc(-c4c(C)noc4C)c3C)CC2)C1.COC(=O)N1CCC(Cc2nc(C(C)C)nc(-c3c(C)noc3C)c2Cl)CC1.Cc1ccc(Nc2cc(-c3c(C)noc3C)nc(C(C)C)n2)cn1.Cc1noc(C)c1-c1nc(C(C)C)nc(C2C[C@H]3CCC[C@H]3C2)c1C.Cc1noc(C)c1-c1nc(C(C)C)nc(N2Cc3ccccc3C2)c1C. The molecule has 134 heavy (non-hydrogen) atoms. The molecule has 12 aromatic rings. The largest absolute Gasteiger partial charge is 0.469 e. The Morgan fingerprint density at radius 1 is 0.478 bits per heavy atom. The number of halogens is 1. The molecule has 1 spiro atoms. The first-order chi connectivity index (χ1) is 63.9. The van der Waals surface area contributed by atoms with E-state index in [4.69, 9.17) is 83.6 Å². The summed E-state index contributed by atoms with van der Waals surface area (Å²) in [5.41, 5.74) is 24.0. The second-order valence-electron chi connectivity index (χ2n) is 39.4. The predicted octanol–water partition coefficient (Wildman–Crippen LogP) is 23.8. The smallest absolute Gasteiger partial charge is 0.409 e. The number of aryl methyl sites for hydroxylation is 11. The Morgan fingerprint density at radius 2 is 0.910 bits per heavy atom. The molecule has 3 aliphatic heterocycles. The third-order valence-electron chi connectivity index (χ3n) is 27.6. The Morgan fingerprint density at radius 3 is 1.35 bits per heavy atom. The molecule has 11 aromatic heterocycles. The average Bonchev–Trinajstić information content (AvgIpc) is 1.75. The standard InChI is InChI=1S/C24H34N4O3.C21H24N4O.C21H29N3O.C20H27ClN4O3.C18H21N5O/c1-14(2)22-25-21(20-16(4)27-31-17(20)5)15(3)23(26-22)28-9-7-24(8-10-28)12-18(13-24)11-19(29)30-6;1-12(2)20-22-19(18-14(4)24-26-15(18)5)13(3)21(23-20)25-10-16-8-6-7-9-17(16)11-25;1-11(2)21-22-19(17-9-15-7-6-8-16(15)10-17)12(3)20(23-21)18-13(4)24-25-14(18)5;1-11(2)19-22-15(10-14-6-8-25(9-7-14)20(26)27-5)17(21)18(23-19)16-12(3)24-28-13(16)4;1-10(2)18-21-15(17-12(4)23-24-13(17)5)8-16(22-18)20-14-7-6-11(3)19-9-14/h14,18H,7-13H2,1-6H3;6-9,12H,10-11H2,1-5H3;11,15-17H,6-10H2,1-5H3;11,14H,6-10H2,1-5H3;6-10H,1-5H3,(H,20,21,22)/t;;15-,16+,17?;;. The van der Waals surface area contributed by atoms with Crippen LogP contribution in [0.5, 0.6) is 0 Å². The van der Waals surface area contributed by atoms with Crippen LogP contribution in [0.4, 0.5) is 27.9 Å². The normalized spacial score (nSPS) is 16.9. The minimum Gasteiger partial charge on any atom is -0.469 e. The lowest BCUT2D eigenvalue weighted by molar-refractivity contribution is -0.144. The molecule has 6 aliphatic rings. The molecular formula is C104H135ClN20O9. The highest BCUT2D eigenvalue weighted by atomic mass is 35.5. The third kappa shape index (κ3) is 21.8. The van der Waals surface area contributed by atoms with Gasteiger partial charge in [-0.15, -0.1) is 0 Å². The molecule has 3 saturated carbocycles. The highest BCUT2D eigenvalue weighted by molar-refractivity contribution is 6.33. The van der Waals surface area contributed by atoms with Gasteiger partial charge in [-0.3, -0.25) is 9.78 Å². The number of aromatic nitrogens is 16. The van der Waals surface area contributed by atoms with E-state index in [1.54, 1.807) is 11.1 Å². The maximum Gasteiger partial charge on any atom is 0.409 e. The fourth-order valence-corrected chi connectivity index (χ4v) is 20.4. The van der Waals surface area contributed by atoms with Gasteiger partial charge in [-0.2, -0.15) is 0 Å². The van der Waals surface area contributed by atoms with E-state index in [2.05, 4.69) is 170 Å². The molecule has 1 aromatic carbocycles. The topological polar surface area (TPSA) is 346 Å². The van der Waals surface area contributed by atoms with Crippen LogP contribution in [0.3, 0.4) is 0 Å². The van der Waals surface area contributed by atoms with E-state index in [0.29, 0.717) is 65.1 Å². The third-order valence-corrected chi connectivity index (χ3v) is 28.0. The van der Waals surface area contributed by atoms with Crippen LogP contribution in [0, 0.1) is 126 Å². The van der Waals surface area contributed by atoms with Gasteiger partial charge in [-0.25, -0.2) is 54.6 Å². The molecule has 5 fully saturated rings. The summed E-state index contributed by atoms with van der Waals surface area (Å²) in [6.07, 6.45) is 16.1. The van der Waals surface area contributed by atoms with Gasteiger partial charge < -0.3 is 52.1 Å². The van der Waals surface area contributed by atoms with Gasteiger partial charge in [-0.1, -0.05) is 150 Å². The van der Waals surface area contributed by atoms with Gasteiger partial charge >= 0.3 is 12.1 Å². The van der Waals surface area contributed by atoms with E-state index in [1.807, 2.05) is 94.4 Å². The number of amides is 1. The molecule has 14 heterocycles. The number of rotatable bonds is 19. The quantitative estimate of drug-likeness (QED) is 0.0735. The predicted molar refractivity (Wildman–Crippen MR) is 520 cm³/mol. The first-order valence-electron chi connectivity index (χ1n) is 47.8. The highest BCUT2D eigenvalue weighted by Crippen LogP contribution is 2.55. The van der Waals surface area contributed by atoms with Crippen LogP contribution in [-0.2, 0) is 33.8 Å². The number of likely N-dealkylation sites (tertiary alicyclic amines) is 1. The van der Waals surface area contributed by atoms with Gasteiger partial charge in [0, 0.05) is 104 Å². The molecule has 30 heteroatoms. The molecule has 3 aliphatic carbocycles. The molecule has 0 radical (unpaired) electrons. The molecular weight excluding hydrogens is 1710 g/mol. The van der Waals surface area contributed by atoms with E-state index in [9.17, 15) is 9.59 Å². The lowest BCUT2D eigenvalue weighted by Gasteiger charge is -2.52. The van der Waals surface area contributed by atoms with Crippen LogP contribution in [0.1, 0.15) is 313 Å². The number of hydrogen-bond donors (Lipinski definition) is 1. The summed E-state index contributed by atoms with van der Waals surface area (Å²) in [5.74, 6) is 15.3. The number of piperidine rings is 2. The van der Waals surface area contributed by atoms with Crippen molar-refractivity contribution in [1.29, 1.82) is 0 Å². The summed E-state index contributed by atoms with van der Waals surface area (Å²) in [4.78, 5) is 82.5. The Labute approximate surface area is 793 Å². The van der Waals surface area contributed by atoms with Crippen LogP contribution < -0.4 is 15.1 Å². The number of nitrogens with one attached hydrogen (secondary N) is 1. The van der Waals surface area contributed by atoms with Crippen molar-refractivity contribution in [3.8, 4) is 56.3 Å². The number of esters is 1. The average molecular weight is 1840 g/mol. The van der Waals surface area contributed by atoms with E-state index in [1.165, 1.54) is 68.7 Å². The number of pyridine rings is 1. The van der Waals surface area contributed by atoms with Crippen molar-refractivity contribution in [3.63, 3.8) is 0 Å². The van der Waals surface area contributed by atoms with Crippen LogP contribution in [0.25, 0.3) is 56.3 Å². The van der Waals surface area contributed by atoms with E-state index < -0.39 is 0 Å². The van der Waals surface area contributed by atoms with Crippen LogP contribution in [-0.4, -0.2) is 138 Å². The Hall–Kier alpha value is -11.8. The van der Waals surface area contributed by atoms with Gasteiger partial charge in [0.1, 0.15) is 75.4 Å². The molecule has 0 bridgehead atoms. The van der Waals surface area contributed by atoms with Gasteiger partial charge in [0.15, 0.2) is 0 Å². The number of fused-ring (bicyclic) bond motifs is 2. The number of carbonyl (C=O) groups is 2. The van der Waals surface area contributed by atoms with Crippen molar-refractivity contribution in [3.05, 3.63) is 185 Å². The lowest BCUT2D eigenvalue weighted by Crippen LogP contribution is -2.48. The van der Waals surface area contributed by atoms with Crippen LogP contribution >= 0.6 is 11.6 Å². The minimum atomic E-state index is -0.263. The molecule has 1 amide bonds. The monoisotopic (exact) mass is 1840 g/mol. The van der Waals surface area contributed by atoms with Gasteiger partial charge in [0.25, 0.3) is 0 Å². The zero-order chi connectivity index (χ0) is 96.2. The number of nitrogens with zero attached hydrogens (tertiary/aromatic N) is 19. The van der Waals surface area contributed by atoms with Crippen molar-refractivity contribution in [1.82, 2.24) is 85.5 Å². The van der Waals surface area contributed by atoms with Crippen molar-refractivity contribution >= 4 is 46.8 Å².